The van der Waals surface area contributed by atoms with Crippen LogP contribution in [0.2, 0.25) is 0 Å². The molecule has 1 unspecified atom stereocenters. The van der Waals surface area contributed by atoms with Gasteiger partial charge < -0.3 is 60.3 Å². The Labute approximate surface area is 470 Å². The molecule has 4 rings (SSSR count). The van der Waals surface area contributed by atoms with E-state index < -0.39 is 29.9 Å². The molecule has 80 heavy (non-hydrogen) atoms. The van der Waals surface area contributed by atoms with Crippen LogP contribution < -0.4 is 42.8 Å². The number of ether oxygens (including phenoxy) is 6. The van der Waals surface area contributed by atoms with E-state index >= 15 is 0 Å². The summed E-state index contributed by atoms with van der Waals surface area (Å²) in [5.41, 5.74) is 9.14. The van der Waals surface area contributed by atoms with E-state index in [0.29, 0.717) is 148 Å². The summed E-state index contributed by atoms with van der Waals surface area (Å²) in [7, 11) is 0. The van der Waals surface area contributed by atoms with Crippen molar-refractivity contribution in [1.29, 1.82) is 0 Å². The van der Waals surface area contributed by atoms with Gasteiger partial charge in [-0.1, -0.05) is 74.0 Å². The van der Waals surface area contributed by atoms with Crippen LogP contribution in [0.25, 0.3) is 11.1 Å². The number of amides is 7. The quantitative estimate of drug-likeness (QED) is 0.0124. The number of fused-ring (bicyclic) bond motifs is 3. The fourth-order valence-corrected chi connectivity index (χ4v) is 8.26. The molecule has 0 aliphatic heterocycles. The summed E-state index contributed by atoms with van der Waals surface area (Å²) in [4.78, 5) is 91.5. The molecule has 0 bridgehead atoms. The van der Waals surface area contributed by atoms with Crippen LogP contribution in [0.5, 0.6) is 0 Å². The molecule has 0 saturated heterocycles. The zero-order valence-electron chi connectivity index (χ0n) is 46.9. The Hall–Kier alpha value is -7.30. The first-order valence-corrected chi connectivity index (χ1v) is 27.9. The molecule has 3 aromatic rings. The van der Waals surface area contributed by atoms with Crippen LogP contribution in [-0.2, 0) is 42.8 Å². The lowest BCUT2D eigenvalue weighted by atomic mass is 9.98. The third-order valence-electron chi connectivity index (χ3n) is 12.3. The van der Waals surface area contributed by atoms with Gasteiger partial charge >= 0.3 is 18.3 Å². The molecule has 22 nitrogen and oxygen atoms in total. The molecule has 0 saturated carbocycles. The fraction of sp³-hybridized carbons (Fsp3) is 0.552. The van der Waals surface area contributed by atoms with E-state index in [4.69, 9.17) is 28.4 Å². The smallest absolute Gasteiger partial charge is 0.426 e. The van der Waals surface area contributed by atoms with Crippen LogP contribution in [0.3, 0.4) is 0 Å². The normalized spacial score (nSPS) is 11.9. The first kappa shape index (κ1) is 65.2. The topological polar surface area (TPSA) is 284 Å². The van der Waals surface area contributed by atoms with E-state index in [9.17, 15) is 33.6 Å². The van der Waals surface area contributed by atoms with Crippen molar-refractivity contribution in [2.24, 2.45) is 0 Å². The molecule has 8 N–H and O–H groups in total. The van der Waals surface area contributed by atoms with Crippen molar-refractivity contribution < 1.29 is 62.0 Å². The summed E-state index contributed by atoms with van der Waals surface area (Å²) < 4.78 is 32.5. The number of aromatic nitrogens is 1. The van der Waals surface area contributed by atoms with Gasteiger partial charge in [-0.25, -0.2) is 24.8 Å². The highest BCUT2D eigenvalue weighted by Gasteiger charge is 2.30. The standard InChI is InChI=1S/C58H85N9O13/c1-5-34-78-55(72)63-33-19-36-76-38-40-77-39-37-75-35-18-32-62-54(71)49(65-56(73)79-42-48-46-22-12-10-20-44(46)45-21-11-13-23-47(45)48)24-14-17-30-60-52(69)25-8-6-15-29-59-51(68)26-9-7-16-31-61-53(70)43-27-28-50(64-41-43)66-67-57(74)80-58(2,3)4/h5,10-13,20-23,27-28,41,48-49H,1,6-9,14-19,24-26,29-40,42H2,2-4H3,(H,59,68)(H,60,69)(H,61,70)(H,62,71)(H,63,72)(H,64,66)(H,65,73)(H,67,74). The van der Waals surface area contributed by atoms with Gasteiger partial charge in [0.1, 0.15) is 30.7 Å². The first-order chi connectivity index (χ1) is 38.7. The van der Waals surface area contributed by atoms with Crippen molar-refractivity contribution in [3.8, 4) is 11.1 Å². The second-order valence-electron chi connectivity index (χ2n) is 19.9. The van der Waals surface area contributed by atoms with E-state index in [0.717, 1.165) is 41.5 Å². The summed E-state index contributed by atoms with van der Waals surface area (Å²) in [6.07, 6.45) is 8.86. The summed E-state index contributed by atoms with van der Waals surface area (Å²) in [6.45, 7) is 13.6. The minimum Gasteiger partial charge on any atom is -0.449 e. The van der Waals surface area contributed by atoms with Crippen molar-refractivity contribution in [2.45, 2.75) is 122 Å². The van der Waals surface area contributed by atoms with Gasteiger partial charge in [0.2, 0.25) is 17.7 Å². The molecule has 1 aromatic heterocycles. The zero-order chi connectivity index (χ0) is 57.6. The van der Waals surface area contributed by atoms with Crippen LogP contribution in [0.1, 0.15) is 132 Å². The Kier molecular flexibility index (Phi) is 31.2. The highest BCUT2D eigenvalue weighted by molar-refractivity contribution is 5.94. The molecule has 1 aliphatic rings. The number of nitrogens with one attached hydrogen (secondary N) is 8. The van der Waals surface area contributed by atoms with E-state index in [2.05, 4.69) is 66.4 Å². The van der Waals surface area contributed by atoms with E-state index in [1.54, 1.807) is 32.9 Å². The molecule has 7 amide bonds. The highest BCUT2D eigenvalue weighted by Crippen LogP contribution is 2.44. The first-order valence-electron chi connectivity index (χ1n) is 27.9. The van der Waals surface area contributed by atoms with E-state index in [1.807, 2.05) is 36.4 Å². The molecular weight excluding hydrogens is 1030 g/mol. The van der Waals surface area contributed by atoms with Gasteiger partial charge in [-0.2, -0.15) is 0 Å². The lowest BCUT2D eigenvalue weighted by molar-refractivity contribution is -0.123. The number of rotatable bonds is 40. The highest BCUT2D eigenvalue weighted by atomic mass is 16.6. The number of anilines is 1. The van der Waals surface area contributed by atoms with Crippen molar-refractivity contribution in [2.75, 3.05) is 91.0 Å². The predicted octanol–water partition coefficient (Wildman–Crippen LogP) is 6.95. The lowest BCUT2D eigenvalue weighted by Gasteiger charge is -2.20. The molecular formula is C58H85N9O13. The molecule has 1 heterocycles. The minimum atomic E-state index is -0.856. The monoisotopic (exact) mass is 1120 g/mol. The number of carbonyl (C=O) groups is 7. The van der Waals surface area contributed by atoms with Crippen molar-refractivity contribution in [3.05, 3.63) is 96.2 Å². The van der Waals surface area contributed by atoms with Gasteiger partial charge in [0.15, 0.2) is 0 Å². The maximum atomic E-state index is 13.4. The molecule has 1 aliphatic carbocycles. The second kappa shape index (κ2) is 38.3. The number of carbonyl (C=O) groups excluding carboxylic acids is 7. The second-order valence-corrected chi connectivity index (χ2v) is 19.9. The van der Waals surface area contributed by atoms with Gasteiger partial charge in [0.25, 0.3) is 5.91 Å². The Balaban J connectivity index is 1.04. The van der Waals surface area contributed by atoms with Gasteiger partial charge in [-0.3, -0.25) is 24.6 Å². The Bertz CT molecular complexity index is 2320. The van der Waals surface area contributed by atoms with Crippen LogP contribution in [-0.4, -0.2) is 144 Å². The fourth-order valence-electron chi connectivity index (χ4n) is 8.26. The Morgan fingerprint density at radius 1 is 0.588 bits per heavy atom. The number of pyridine rings is 1. The SMILES string of the molecule is C=CCOC(=O)NCCCOCCOCCOCCCNC(=O)C(CCCCNC(=O)CCCCCNC(=O)CCCCCNC(=O)c1ccc(NNC(=O)OC(C)(C)C)nc1)NC(=O)OCC1c2ccccc2-c2ccccc21. The number of hydrogen-bond donors (Lipinski definition) is 8. The number of benzene rings is 2. The maximum Gasteiger partial charge on any atom is 0.426 e. The molecule has 22 heteroatoms. The molecule has 0 fully saturated rings. The molecule has 0 radical (unpaired) electrons. The van der Waals surface area contributed by atoms with Gasteiger partial charge in [0, 0.05) is 70.9 Å². The third-order valence-corrected chi connectivity index (χ3v) is 12.3. The van der Waals surface area contributed by atoms with Crippen LogP contribution in [0.15, 0.2) is 79.5 Å². The lowest BCUT2D eigenvalue weighted by Crippen LogP contribution is -2.47. The molecule has 2 aromatic carbocycles. The number of unbranched alkanes of at least 4 members (excludes halogenated alkanes) is 5. The number of hydrazine groups is 1. The van der Waals surface area contributed by atoms with E-state index in [1.165, 1.54) is 12.3 Å². The van der Waals surface area contributed by atoms with Gasteiger partial charge in [-0.05, 0) is 113 Å². The molecule has 440 valence electrons. The number of hydrogen-bond acceptors (Lipinski definition) is 15. The van der Waals surface area contributed by atoms with Crippen molar-refractivity contribution in [1.82, 2.24) is 42.3 Å². The Morgan fingerprint density at radius 3 is 1.71 bits per heavy atom. The Morgan fingerprint density at radius 2 is 1.14 bits per heavy atom. The molecule has 0 spiro atoms. The van der Waals surface area contributed by atoms with Crippen molar-refractivity contribution in [3.63, 3.8) is 0 Å². The van der Waals surface area contributed by atoms with Crippen LogP contribution >= 0.6 is 0 Å². The number of nitrogens with zero attached hydrogens (tertiary/aromatic N) is 1. The molecule has 1 atom stereocenters. The summed E-state index contributed by atoms with van der Waals surface area (Å²) in [5, 5.41) is 17.1. The number of alkyl carbamates (subject to hydrolysis) is 2. The average Bonchev–Trinajstić information content (AvgIpc) is 3.79. The largest absolute Gasteiger partial charge is 0.449 e. The average molecular weight is 1120 g/mol. The summed E-state index contributed by atoms with van der Waals surface area (Å²) in [6, 6.07) is 18.4. The van der Waals surface area contributed by atoms with Gasteiger partial charge in [-0.15, -0.1) is 0 Å². The van der Waals surface area contributed by atoms with Crippen LogP contribution in [0, 0.1) is 0 Å². The summed E-state index contributed by atoms with van der Waals surface area (Å²) in [5.74, 6) is -0.506. The minimum absolute atomic E-state index is 0.0339. The summed E-state index contributed by atoms with van der Waals surface area (Å²) >= 11 is 0. The van der Waals surface area contributed by atoms with E-state index in [-0.39, 0.29) is 42.8 Å². The van der Waals surface area contributed by atoms with Crippen LogP contribution in [0.4, 0.5) is 20.2 Å². The zero-order valence-corrected chi connectivity index (χ0v) is 46.9. The van der Waals surface area contributed by atoms with Crippen molar-refractivity contribution >= 4 is 47.7 Å². The third kappa shape index (κ3) is 27.5. The predicted molar refractivity (Wildman–Crippen MR) is 303 cm³/mol. The maximum absolute atomic E-state index is 13.4. The van der Waals surface area contributed by atoms with Gasteiger partial charge in [0.05, 0.1) is 32.0 Å².